The summed E-state index contributed by atoms with van der Waals surface area (Å²) >= 11 is 0. The molecule has 0 aromatic carbocycles. The molecule has 0 saturated carbocycles. The molecule has 6 heteroatoms. The first-order valence-electron chi connectivity index (χ1n) is 9.07. The van der Waals surface area contributed by atoms with Gasteiger partial charge in [-0.1, -0.05) is 13.3 Å². The van der Waals surface area contributed by atoms with Gasteiger partial charge in [-0.2, -0.15) is 0 Å². The molecule has 2 aliphatic rings. The fourth-order valence-corrected chi connectivity index (χ4v) is 4.01. The lowest BCUT2D eigenvalue weighted by Crippen LogP contribution is -2.55. The molecule has 2 aliphatic heterocycles. The van der Waals surface area contributed by atoms with Crippen molar-refractivity contribution in [1.82, 2.24) is 19.8 Å². The van der Waals surface area contributed by atoms with E-state index in [9.17, 15) is 4.79 Å². The Balaban J connectivity index is 1.70. The van der Waals surface area contributed by atoms with Crippen molar-refractivity contribution < 1.29 is 4.79 Å². The Labute approximate surface area is 144 Å². The Kier molecular flexibility index (Phi) is 5.04. The molecule has 1 aromatic rings. The van der Waals surface area contributed by atoms with E-state index in [-0.39, 0.29) is 5.54 Å². The number of nitrogens with zero attached hydrogens (tertiary/aromatic N) is 5. The minimum atomic E-state index is 0.274. The van der Waals surface area contributed by atoms with Crippen LogP contribution in [0, 0.1) is 0 Å². The molecule has 6 nitrogen and oxygen atoms in total. The summed E-state index contributed by atoms with van der Waals surface area (Å²) in [5.41, 5.74) is 2.51. The molecule has 1 saturated heterocycles. The Morgan fingerprint density at radius 1 is 1.17 bits per heavy atom. The van der Waals surface area contributed by atoms with Crippen molar-refractivity contribution in [1.29, 1.82) is 0 Å². The minimum absolute atomic E-state index is 0.274. The van der Waals surface area contributed by atoms with Crippen LogP contribution < -0.4 is 4.90 Å². The minimum Gasteiger partial charge on any atom is -0.354 e. The van der Waals surface area contributed by atoms with Gasteiger partial charge in [-0.3, -0.25) is 9.69 Å². The number of aromatic nitrogens is 2. The van der Waals surface area contributed by atoms with Gasteiger partial charge in [-0.15, -0.1) is 0 Å². The van der Waals surface area contributed by atoms with Crippen LogP contribution in [0.1, 0.15) is 44.9 Å². The van der Waals surface area contributed by atoms with Crippen LogP contribution in [0.2, 0.25) is 0 Å². The summed E-state index contributed by atoms with van der Waals surface area (Å²) in [7, 11) is 0. The van der Waals surface area contributed by atoms with Gasteiger partial charge < -0.3 is 9.80 Å². The third-order valence-corrected chi connectivity index (χ3v) is 5.46. The number of carbonyl (C=O) groups is 1. The predicted molar refractivity (Wildman–Crippen MR) is 95.0 cm³/mol. The van der Waals surface area contributed by atoms with E-state index in [0.717, 1.165) is 57.1 Å². The van der Waals surface area contributed by atoms with E-state index >= 15 is 0 Å². The van der Waals surface area contributed by atoms with Crippen LogP contribution >= 0.6 is 0 Å². The largest absolute Gasteiger partial charge is 0.354 e. The Morgan fingerprint density at radius 2 is 1.92 bits per heavy atom. The molecule has 1 amide bonds. The fourth-order valence-electron chi connectivity index (χ4n) is 4.01. The number of hydrogen-bond donors (Lipinski definition) is 0. The summed E-state index contributed by atoms with van der Waals surface area (Å²) in [6.45, 7) is 12.5. The zero-order chi connectivity index (χ0) is 17.2. The first kappa shape index (κ1) is 17.1. The predicted octanol–water partition coefficient (Wildman–Crippen LogP) is 1.69. The van der Waals surface area contributed by atoms with Crippen molar-refractivity contribution >= 4 is 12.2 Å². The third-order valence-electron chi connectivity index (χ3n) is 5.46. The van der Waals surface area contributed by atoms with E-state index in [1.54, 1.807) is 11.2 Å². The van der Waals surface area contributed by atoms with Crippen LogP contribution in [-0.2, 0) is 17.8 Å². The highest BCUT2D eigenvalue weighted by atomic mass is 16.1. The summed E-state index contributed by atoms with van der Waals surface area (Å²) in [6.07, 6.45) is 5.87. The SMILES string of the molecule is CCCC(C)(C)N1CCN(c2ncnc3c2CCN(C=O)C3)CC1. The molecule has 1 aromatic heterocycles. The number of carbonyl (C=O) groups excluding carboxylic acids is 1. The molecule has 3 rings (SSSR count). The zero-order valence-corrected chi connectivity index (χ0v) is 15.2. The van der Waals surface area contributed by atoms with Crippen molar-refractivity contribution in [2.45, 2.75) is 52.1 Å². The zero-order valence-electron chi connectivity index (χ0n) is 15.2. The van der Waals surface area contributed by atoms with Crippen molar-refractivity contribution in [3.8, 4) is 0 Å². The summed E-state index contributed by atoms with van der Waals surface area (Å²) in [4.78, 5) is 26.8. The number of piperazine rings is 1. The topological polar surface area (TPSA) is 52.6 Å². The molecule has 132 valence electrons. The number of anilines is 1. The number of hydrogen-bond acceptors (Lipinski definition) is 5. The number of amides is 1. The lowest BCUT2D eigenvalue weighted by Gasteiger charge is -2.45. The fraction of sp³-hybridized carbons (Fsp3) is 0.722. The van der Waals surface area contributed by atoms with Gasteiger partial charge in [0.15, 0.2) is 0 Å². The van der Waals surface area contributed by atoms with Gasteiger partial charge in [-0.05, 0) is 26.7 Å². The highest BCUT2D eigenvalue weighted by Crippen LogP contribution is 2.28. The Bertz CT molecular complexity index is 581. The maximum atomic E-state index is 11.0. The maximum absolute atomic E-state index is 11.0. The molecule has 24 heavy (non-hydrogen) atoms. The van der Waals surface area contributed by atoms with Crippen LogP contribution in [0.4, 0.5) is 5.82 Å². The quantitative estimate of drug-likeness (QED) is 0.769. The lowest BCUT2D eigenvalue weighted by atomic mass is 9.95. The van der Waals surface area contributed by atoms with E-state index in [1.807, 2.05) is 0 Å². The standard InChI is InChI=1S/C18H29N5O/c1-4-6-18(2,3)23-10-8-22(9-11-23)17-15-5-7-21(14-24)12-16(15)19-13-20-17/h13-14H,4-12H2,1-3H3. The third kappa shape index (κ3) is 3.38. The molecular formula is C18H29N5O. The molecule has 0 unspecified atom stereocenters. The van der Waals surface area contributed by atoms with Gasteiger partial charge >= 0.3 is 0 Å². The second-order valence-corrected chi connectivity index (χ2v) is 7.48. The van der Waals surface area contributed by atoms with E-state index in [0.29, 0.717) is 6.54 Å². The summed E-state index contributed by atoms with van der Waals surface area (Å²) in [5, 5.41) is 0. The van der Waals surface area contributed by atoms with Crippen LogP contribution in [0.3, 0.4) is 0 Å². The summed E-state index contributed by atoms with van der Waals surface area (Å²) in [5.74, 6) is 1.08. The van der Waals surface area contributed by atoms with Crippen molar-refractivity contribution in [2.75, 3.05) is 37.6 Å². The van der Waals surface area contributed by atoms with Crippen molar-refractivity contribution in [2.24, 2.45) is 0 Å². The van der Waals surface area contributed by atoms with Crippen LogP contribution in [-0.4, -0.2) is 64.4 Å². The monoisotopic (exact) mass is 331 g/mol. The first-order chi connectivity index (χ1) is 11.5. The summed E-state index contributed by atoms with van der Waals surface area (Å²) < 4.78 is 0. The number of rotatable bonds is 5. The second kappa shape index (κ2) is 7.05. The van der Waals surface area contributed by atoms with Gasteiger partial charge in [0, 0.05) is 43.8 Å². The Morgan fingerprint density at radius 3 is 2.58 bits per heavy atom. The molecular weight excluding hydrogens is 302 g/mol. The lowest BCUT2D eigenvalue weighted by molar-refractivity contribution is -0.119. The average Bonchev–Trinajstić information content (AvgIpc) is 2.60. The van der Waals surface area contributed by atoms with Crippen LogP contribution in [0.25, 0.3) is 0 Å². The molecule has 0 atom stereocenters. The van der Waals surface area contributed by atoms with E-state index in [2.05, 4.69) is 40.5 Å². The molecule has 0 aliphatic carbocycles. The molecule has 0 spiro atoms. The van der Waals surface area contributed by atoms with E-state index in [1.165, 1.54) is 18.4 Å². The van der Waals surface area contributed by atoms with Crippen LogP contribution in [0.15, 0.2) is 6.33 Å². The Hall–Kier alpha value is -1.69. The molecule has 0 N–H and O–H groups in total. The van der Waals surface area contributed by atoms with E-state index in [4.69, 9.17) is 0 Å². The smallest absolute Gasteiger partial charge is 0.210 e. The molecule has 0 radical (unpaired) electrons. The highest BCUT2D eigenvalue weighted by Gasteiger charge is 2.31. The van der Waals surface area contributed by atoms with Gasteiger partial charge in [-0.25, -0.2) is 9.97 Å². The van der Waals surface area contributed by atoms with Crippen LogP contribution in [0.5, 0.6) is 0 Å². The molecule has 3 heterocycles. The molecule has 0 bridgehead atoms. The van der Waals surface area contributed by atoms with Crippen molar-refractivity contribution in [3.05, 3.63) is 17.6 Å². The van der Waals surface area contributed by atoms with Crippen molar-refractivity contribution in [3.63, 3.8) is 0 Å². The van der Waals surface area contributed by atoms with Gasteiger partial charge in [0.2, 0.25) is 6.41 Å². The average molecular weight is 331 g/mol. The highest BCUT2D eigenvalue weighted by molar-refractivity contribution is 5.53. The van der Waals surface area contributed by atoms with Gasteiger partial charge in [0.25, 0.3) is 0 Å². The second-order valence-electron chi connectivity index (χ2n) is 7.48. The maximum Gasteiger partial charge on any atom is 0.210 e. The van der Waals surface area contributed by atoms with Gasteiger partial charge in [0.05, 0.1) is 12.2 Å². The normalized spacial score (nSPS) is 19.3. The van der Waals surface area contributed by atoms with Gasteiger partial charge in [0.1, 0.15) is 12.1 Å². The van der Waals surface area contributed by atoms with E-state index < -0.39 is 0 Å². The summed E-state index contributed by atoms with van der Waals surface area (Å²) in [6, 6.07) is 0. The first-order valence-corrected chi connectivity index (χ1v) is 9.07. The molecule has 1 fully saturated rings. The number of fused-ring (bicyclic) bond motifs is 1.